The van der Waals surface area contributed by atoms with Gasteiger partial charge in [-0.25, -0.2) is 9.67 Å². The Kier molecular flexibility index (Phi) is 2.79. The third-order valence-corrected chi connectivity index (χ3v) is 2.70. The molecule has 0 amide bonds. The first-order valence-electron chi connectivity index (χ1n) is 5.95. The summed E-state index contributed by atoms with van der Waals surface area (Å²) in [5, 5.41) is 16.7. The number of nitrogens with zero attached hydrogens (tertiary/aromatic N) is 7. The molecule has 3 rings (SSSR count). The van der Waals surface area contributed by atoms with Crippen LogP contribution in [0, 0.1) is 13.8 Å². The maximum Gasteiger partial charge on any atom is 0.196 e. The summed E-state index contributed by atoms with van der Waals surface area (Å²) in [5.74, 6) is 2.19. The lowest BCUT2D eigenvalue weighted by atomic mass is 10.3. The SMILES string of the molecule is Cc1nc(C)n(Cc2nnn(-c3ccccc3)n2)n1. The third-order valence-electron chi connectivity index (χ3n) is 2.70. The molecule has 3 aromatic rings. The first-order valence-corrected chi connectivity index (χ1v) is 5.95. The summed E-state index contributed by atoms with van der Waals surface area (Å²) < 4.78 is 1.77. The van der Waals surface area contributed by atoms with Crippen LogP contribution in [0.3, 0.4) is 0 Å². The smallest absolute Gasteiger partial charge is 0.196 e. The summed E-state index contributed by atoms with van der Waals surface area (Å²) in [6, 6.07) is 9.67. The number of aryl methyl sites for hydroxylation is 2. The maximum absolute atomic E-state index is 4.33. The van der Waals surface area contributed by atoms with E-state index < -0.39 is 0 Å². The van der Waals surface area contributed by atoms with E-state index >= 15 is 0 Å². The highest BCUT2D eigenvalue weighted by Crippen LogP contribution is 2.04. The number of aromatic nitrogens is 7. The first-order chi connectivity index (χ1) is 9.22. The van der Waals surface area contributed by atoms with E-state index in [0.29, 0.717) is 12.4 Å². The maximum atomic E-state index is 4.33. The fourth-order valence-corrected chi connectivity index (χ4v) is 1.82. The minimum atomic E-state index is 0.472. The standard InChI is InChI=1S/C12H13N7/c1-9-13-10(2)18(15-9)8-12-14-17-19(16-12)11-6-4-3-5-7-11/h3-7H,8H2,1-2H3. The van der Waals surface area contributed by atoms with Gasteiger partial charge in [0.1, 0.15) is 18.2 Å². The molecule has 7 nitrogen and oxygen atoms in total. The summed E-state index contributed by atoms with van der Waals surface area (Å²) in [6.45, 7) is 4.23. The zero-order chi connectivity index (χ0) is 13.2. The van der Waals surface area contributed by atoms with Crippen molar-refractivity contribution in [3.63, 3.8) is 0 Å². The molecular weight excluding hydrogens is 242 g/mol. The molecule has 0 aliphatic rings. The van der Waals surface area contributed by atoms with Gasteiger partial charge in [0.05, 0.1) is 5.69 Å². The minimum absolute atomic E-state index is 0.472. The second-order valence-corrected chi connectivity index (χ2v) is 4.19. The fraction of sp³-hybridized carbons (Fsp3) is 0.250. The average Bonchev–Trinajstić information content (AvgIpc) is 2.99. The summed E-state index contributed by atoms with van der Waals surface area (Å²) in [7, 11) is 0. The monoisotopic (exact) mass is 255 g/mol. The van der Waals surface area contributed by atoms with Crippen LogP contribution < -0.4 is 0 Å². The normalized spacial score (nSPS) is 10.8. The van der Waals surface area contributed by atoms with Crippen LogP contribution in [-0.4, -0.2) is 35.0 Å². The quantitative estimate of drug-likeness (QED) is 0.695. The number of tetrazole rings is 1. The second kappa shape index (κ2) is 4.60. The van der Waals surface area contributed by atoms with Gasteiger partial charge in [-0.2, -0.15) is 5.10 Å². The molecule has 2 heterocycles. The molecular formula is C12H13N7. The molecule has 96 valence electrons. The number of hydrogen-bond donors (Lipinski definition) is 0. The molecule has 0 saturated carbocycles. The number of para-hydroxylation sites is 1. The van der Waals surface area contributed by atoms with Crippen molar-refractivity contribution in [1.29, 1.82) is 0 Å². The molecule has 0 radical (unpaired) electrons. The molecule has 7 heteroatoms. The van der Waals surface area contributed by atoms with E-state index in [4.69, 9.17) is 0 Å². The van der Waals surface area contributed by atoms with Gasteiger partial charge < -0.3 is 0 Å². The highest BCUT2D eigenvalue weighted by atomic mass is 15.6. The molecule has 2 aromatic heterocycles. The van der Waals surface area contributed by atoms with Gasteiger partial charge in [0.2, 0.25) is 0 Å². The van der Waals surface area contributed by atoms with Crippen molar-refractivity contribution in [3.8, 4) is 5.69 Å². The Balaban J connectivity index is 1.84. The lowest BCUT2D eigenvalue weighted by Gasteiger charge is -1.98. The molecule has 0 saturated heterocycles. The van der Waals surface area contributed by atoms with Crippen molar-refractivity contribution in [2.45, 2.75) is 20.4 Å². The van der Waals surface area contributed by atoms with Gasteiger partial charge in [0.15, 0.2) is 5.82 Å². The minimum Gasteiger partial charge on any atom is -0.242 e. The van der Waals surface area contributed by atoms with Crippen molar-refractivity contribution in [3.05, 3.63) is 47.8 Å². The van der Waals surface area contributed by atoms with Gasteiger partial charge in [-0.1, -0.05) is 18.2 Å². The summed E-state index contributed by atoms with van der Waals surface area (Å²) >= 11 is 0. The van der Waals surface area contributed by atoms with E-state index in [1.54, 1.807) is 4.68 Å². The van der Waals surface area contributed by atoms with Gasteiger partial charge in [-0.15, -0.1) is 15.0 Å². The lowest BCUT2D eigenvalue weighted by molar-refractivity contribution is 0.627. The van der Waals surface area contributed by atoms with Gasteiger partial charge in [-0.3, -0.25) is 0 Å². The topological polar surface area (TPSA) is 74.3 Å². The largest absolute Gasteiger partial charge is 0.242 e. The Bertz CT molecular complexity index is 683. The molecule has 0 bridgehead atoms. The van der Waals surface area contributed by atoms with Crippen molar-refractivity contribution in [1.82, 2.24) is 35.0 Å². The molecule has 0 unspecified atom stereocenters. The Morgan fingerprint density at radius 3 is 2.53 bits per heavy atom. The zero-order valence-corrected chi connectivity index (χ0v) is 10.7. The molecule has 0 atom stereocenters. The van der Waals surface area contributed by atoms with E-state index in [-0.39, 0.29) is 0 Å². The van der Waals surface area contributed by atoms with Crippen molar-refractivity contribution in [2.24, 2.45) is 0 Å². The van der Waals surface area contributed by atoms with Gasteiger partial charge in [-0.05, 0) is 31.2 Å². The molecule has 1 aromatic carbocycles. The molecule has 0 aliphatic carbocycles. The third kappa shape index (κ3) is 2.35. The van der Waals surface area contributed by atoms with Crippen LogP contribution in [0.1, 0.15) is 17.5 Å². The van der Waals surface area contributed by atoms with Gasteiger partial charge in [0.25, 0.3) is 0 Å². The van der Waals surface area contributed by atoms with Crippen LogP contribution in [0.15, 0.2) is 30.3 Å². The molecule has 0 spiro atoms. The Morgan fingerprint density at radius 1 is 1.05 bits per heavy atom. The molecule has 0 fully saturated rings. The van der Waals surface area contributed by atoms with E-state index in [1.807, 2.05) is 44.2 Å². The Hall–Kier alpha value is -2.57. The van der Waals surface area contributed by atoms with Gasteiger partial charge >= 0.3 is 0 Å². The van der Waals surface area contributed by atoms with Crippen LogP contribution in [-0.2, 0) is 6.54 Å². The van der Waals surface area contributed by atoms with E-state index in [0.717, 1.165) is 17.3 Å². The van der Waals surface area contributed by atoms with Crippen molar-refractivity contribution < 1.29 is 0 Å². The highest BCUT2D eigenvalue weighted by molar-refractivity contribution is 5.27. The fourth-order valence-electron chi connectivity index (χ4n) is 1.82. The molecule has 19 heavy (non-hydrogen) atoms. The summed E-state index contributed by atoms with van der Waals surface area (Å²) in [4.78, 5) is 5.75. The van der Waals surface area contributed by atoms with Crippen LogP contribution in [0.5, 0.6) is 0 Å². The zero-order valence-electron chi connectivity index (χ0n) is 10.7. The van der Waals surface area contributed by atoms with Crippen LogP contribution in [0.25, 0.3) is 5.69 Å². The highest BCUT2D eigenvalue weighted by Gasteiger charge is 2.08. The van der Waals surface area contributed by atoms with E-state index in [2.05, 4.69) is 25.5 Å². The lowest BCUT2D eigenvalue weighted by Crippen LogP contribution is -2.06. The second-order valence-electron chi connectivity index (χ2n) is 4.19. The molecule has 0 aliphatic heterocycles. The Labute approximate surface area is 109 Å². The predicted molar refractivity (Wildman–Crippen MR) is 67.8 cm³/mol. The van der Waals surface area contributed by atoms with Gasteiger partial charge in [0, 0.05) is 0 Å². The summed E-state index contributed by atoms with van der Waals surface area (Å²) in [5.41, 5.74) is 0.882. The van der Waals surface area contributed by atoms with Crippen LogP contribution in [0.2, 0.25) is 0 Å². The first kappa shape index (κ1) is 11.5. The summed E-state index contributed by atoms with van der Waals surface area (Å²) in [6.07, 6.45) is 0. The van der Waals surface area contributed by atoms with E-state index in [9.17, 15) is 0 Å². The van der Waals surface area contributed by atoms with Crippen molar-refractivity contribution in [2.75, 3.05) is 0 Å². The molecule has 0 N–H and O–H groups in total. The van der Waals surface area contributed by atoms with Crippen LogP contribution in [0.4, 0.5) is 0 Å². The predicted octanol–water partition coefficient (Wildman–Crippen LogP) is 0.919. The number of benzene rings is 1. The van der Waals surface area contributed by atoms with E-state index in [1.165, 1.54) is 4.80 Å². The van der Waals surface area contributed by atoms with Crippen molar-refractivity contribution >= 4 is 0 Å². The average molecular weight is 255 g/mol. The Morgan fingerprint density at radius 2 is 1.84 bits per heavy atom. The number of hydrogen-bond acceptors (Lipinski definition) is 5. The number of rotatable bonds is 3. The van der Waals surface area contributed by atoms with Crippen LogP contribution >= 0.6 is 0 Å².